The number of nitrogens with one attached hydrogen (secondary N) is 1. The van der Waals surface area contributed by atoms with Crippen molar-refractivity contribution in [1.29, 1.82) is 0 Å². The van der Waals surface area contributed by atoms with Gasteiger partial charge in [0.1, 0.15) is 5.76 Å². The molecule has 2 rings (SSSR count). The second kappa shape index (κ2) is 4.41. The maximum absolute atomic E-state index is 12.2. The highest BCUT2D eigenvalue weighted by Crippen LogP contribution is 2.35. The van der Waals surface area contributed by atoms with Gasteiger partial charge in [-0.05, 0) is 50.8 Å². The van der Waals surface area contributed by atoms with Crippen molar-refractivity contribution in [3.8, 4) is 0 Å². The van der Waals surface area contributed by atoms with Gasteiger partial charge in [-0.2, -0.15) is 0 Å². The first kappa shape index (κ1) is 13.7. The Morgan fingerprint density at radius 1 is 1.26 bits per heavy atom. The standard InChI is InChI=1S/C16H21NO2/c1-6-11-8-9(2)7-10(3)12(11)13-14(18)16(4,5)17-15(13)19/h7-8,18H,6H2,1-5H3,(H,17,19). The van der Waals surface area contributed by atoms with Crippen molar-refractivity contribution >= 4 is 11.5 Å². The van der Waals surface area contributed by atoms with E-state index in [1.807, 2.05) is 33.8 Å². The van der Waals surface area contributed by atoms with Crippen molar-refractivity contribution in [2.45, 2.75) is 46.6 Å². The maximum Gasteiger partial charge on any atom is 0.256 e. The fourth-order valence-electron chi connectivity index (χ4n) is 2.75. The number of rotatable bonds is 2. The highest BCUT2D eigenvalue weighted by Gasteiger charge is 2.39. The SMILES string of the molecule is CCc1cc(C)cc(C)c1C1=C(O)C(C)(C)NC1=O. The average molecular weight is 259 g/mol. The van der Waals surface area contributed by atoms with Crippen molar-refractivity contribution in [1.82, 2.24) is 5.32 Å². The zero-order chi connectivity index (χ0) is 14.4. The lowest BCUT2D eigenvalue weighted by Gasteiger charge is -2.17. The van der Waals surface area contributed by atoms with Crippen LogP contribution in [0.1, 0.15) is 43.0 Å². The molecule has 1 aliphatic rings. The summed E-state index contributed by atoms with van der Waals surface area (Å²) in [5.41, 5.74) is 3.94. The molecule has 0 atom stereocenters. The number of aliphatic hydroxyl groups excluding tert-OH is 1. The summed E-state index contributed by atoms with van der Waals surface area (Å²) in [6.45, 7) is 9.71. The molecule has 102 valence electrons. The number of hydrogen-bond donors (Lipinski definition) is 2. The van der Waals surface area contributed by atoms with Gasteiger partial charge in [0.2, 0.25) is 0 Å². The number of aryl methyl sites for hydroxylation is 3. The van der Waals surface area contributed by atoms with Gasteiger partial charge in [-0.3, -0.25) is 4.79 Å². The van der Waals surface area contributed by atoms with Crippen LogP contribution in [0.2, 0.25) is 0 Å². The van der Waals surface area contributed by atoms with Gasteiger partial charge < -0.3 is 10.4 Å². The van der Waals surface area contributed by atoms with E-state index in [0.717, 1.165) is 23.1 Å². The molecule has 2 N–H and O–H groups in total. The molecule has 0 aromatic heterocycles. The lowest BCUT2D eigenvalue weighted by Crippen LogP contribution is -2.38. The van der Waals surface area contributed by atoms with E-state index in [4.69, 9.17) is 0 Å². The van der Waals surface area contributed by atoms with Crippen molar-refractivity contribution in [2.24, 2.45) is 0 Å². The number of benzene rings is 1. The minimum Gasteiger partial charge on any atom is -0.509 e. The fourth-order valence-corrected chi connectivity index (χ4v) is 2.75. The molecule has 0 saturated heterocycles. The van der Waals surface area contributed by atoms with E-state index in [0.29, 0.717) is 5.57 Å². The molecule has 19 heavy (non-hydrogen) atoms. The number of carbonyl (C=O) groups is 1. The van der Waals surface area contributed by atoms with Crippen LogP contribution >= 0.6 is 0 Å². The van der Waals surface area contributed by atoms with Crippen LogP contribution in [0.15, 0.2) is 17.9 Å². The highest BCUT2D eigenvalue weighted by molar-refractivity contribution is 6.23. The van der Waals surface area contributed by atoms with Crippen LogP contribution in [-0.4, -0.2) is 16.6 Å². The molecule has 0 fully saturated rings. The molecule has 0 bridgehead atoms. The van der Waals surface area contributed by atoms with Crippen molar-refractivity contribution < 1.29 is 9.90 Å². The van der Waals surface area contributed by atoms with Gasteiger partial charge in [-0.15, -0.1) is 0 Å². The molecule has 1 amide bonds. The van der Waals surface area contributed by atoms with Gasteiger partial charge >= 0.3 is 0 Å². The summed E-state index contributed by atoms with van der Waals surface area (Å²) in [6, 6.07) is 4.13. The second-order valence-corrected chi connectivity index (χ2v) is 5.77. The summed E-state index contributed by atoms with van der Waals surface area (Å²) >= 11 is 0. The highest BCUT2D eigenvalue weighted by atomic mass is 16.3. The average Bonchev–Trinajstić information content (AvgIpc) is 2.49. The van der Waals surface area contributed by atoms with E-state index in [1.54, 1.807) is 0 Å². The van der Waals surface area contributed by atoms with E-state index in [9.17, 15) is 9.90 Å². The van der Waals surface area contributed by atoms with E-state index >= 15 is 0 Å². The molecule has 1 aliphatic heterocycles. The lowest BCUT2D eigenvalue weighted by molar-refractivity contribution is -0.115. The Kier molecular flexibility index (Phi) is 3.17. The Labute approximate surface area is 114 Å². The molecule has 0 spiro atoms. The second-order valence-electron chi connectivity index (χ2n) is 5.77. The molecule has 1 aromatic carbocycles. The molecule has 3 heteroatoms. The first-order valence-corrected chi connectivity index (χ1v) is 6.64. The van der Waals surface area contributed by atoms with Crippen LogP contribution in [0.4, 0.5) is 0 Å². The third-order valence-corrected chi connectivity index (χ3v) is 3.67. The molecule has 0 unspecified atom stereocenters. The third kappa shape index (κ3) is 2.14. The summed E-state index contributed by atoms with van der Waals surface area (Å²) < 4.78 is 0. The Hall–Kier alpha value is -1.77. The molecule has 0 radical (unpaired) electrons. The molecule has 1 heterocycles. The van der Waals surface area contributed by atoms with Gasteiger partial charge in [-0.25, -0.2) is 0 Å². The summed E-state index contributed by atoms with van der Waals surface area (Å²) in [6.07, 6.45) is 0.836. The van der Waals surface area contributed by atoms with Crippen LogP contribution in [0.5, 0.6) is 0 Å². The first-order valence-electron chi connectivity index (χ1n) is 6.64. The number of amides is 1. The Balaban J connectivity index is 2.73. The van der Waals surface area contributed by atoms with E-state index in [2.05, 4.69) is 18.3 Å². The smallest absolute Gasteiger partial charge is 0.256 e. The van der Waals surface area contributed by atoms with Crippen molar-refractivity contribution in [3.05, 3.63) is 40.1 Å². The quantitative estimate of drug-likeness (QED) is 0.857. The van der Waals surface area contributed by atoms with Crippen molar-refractivity contribution in [3.63, 3.8) is 0 Å². The molecule has 0 aliphatic carbocycles. The van der Waals surface area contributed by atoms with Gasteiger partial charge in [0, 0.05) is 0 Å². The summed E-state index contributed by atoms with van der Waals surface area (Å²) in [5, 5.41) is 13.2. The van der Waals surface area contributed by atoms with Crippen LogP contribution in [0.25, 0.3) is 5.57 Å². The van der Waals surface area contributed by atoms with Crippen molar-refractivity contribution in [2.75, 3.05) is 0 Å². The molecule has 3 nitrogen and oxygen atoms in total. The normalized spacial score (nSPS) is 17.8. The number of hydrogen-bond acceptors (Lipinski definition) is 2. The van der Waals surface area contributed by atoms with Crippen LogP contribution < -0.4 is 5.32 Å². The predicted octanol–water partition coefficient (Wildman–Crippen LogP) is 3.04. The summed E-state index contributed by atoms with van der Waals surface area (Å²) in [7, 11) is 0. The maximum atomic E-state index is 12.2. The molecular weight excluding hydrogens is 238 g/mol. The minimum absolute atomic E-state index is 0.138. The van der Waals surface area contributed by atoms with Gasteiger partial charge in [0.25, 0.3) is 5.91 Å². The first-order chi connectivity index (χ1) is 8.77. The summed E-state index contributed by atoms with van der Waals surface area (Å²) in [5.74, 6) is -0.0525. The van der Waals surface area contributed by atoms with Gasteiger partial charge in [-0.1, -0.05) is 24.6 Å². The molecule has 1 aromatic rings. The predicted molar refractivity (Wildman–Crippen MR) is 77.1 cm³/mol. The monoisotopic (exact) mass is 259 g/mol. The largest absolute Gasteiger partial charge is 0.509 e. The van der Waals surface area contributed by atoms with E-state index < -0.39 is 5.54 Å². The number of carbonyl (C=O) groups excluding carboxylic acids is 1. The van der Waals surface area contributed by atoms with E-state index in [1.165, 1.54) is 5.56 Å². The number of aliphatic hydroxyl groups is 1. The zero-order valence-electron chi connectivity index (χ0n) is 12.2. The Morgan fingerprint density at radius 3 is 2.37 bits per heavy atom. The van der Waals surface area contributed by atoms with Gasteiger partial charge in [0.05, 0.1) is 11.1 Å². The Bertz CT molecular complexity index is 583. The molecule has 0 saturated carbocycles. The lowest BCUT2D eigenvalue weighted by atomic mass is 9.90. The van der Waals surface area contributed by atoms with Gasteiger partial charge in [0.15, 0.2) is 0 Å². The minimum atomic E-state index is -0.686. The van der Waals surface area contributed by atoms with Crippen LogP contribution in [0.3, 0.4) is 0 Å². The summed E-state index contributed by atoms with van der Waals surface area (Å²) in [4.78, 5) is 12.2. The fraction of sp³-hybridized carbons (Fsp3) is 0.438. The zero-order valence-corrected chi connectivity index (χ0v) is 12.2. The third-order valence-electron chi connectivity index (χ3n) is 3.67. The molecular formula is C16H21NO2. The Morgan fingerprint density at radius 2 is 1.89 bits per heavy atom. The van der Waals surface area contributed by atoms with Crippen LogP contribution in [-0.2, 0) is 11.2 Å². The topological polar surface area (TPSA) is 49.3 Å². The van der Waals surface area contributed by atoms with Crippen LogP contribution in [0, 0.1) is 13.8 Å². The van der Waals surface area contributed by atoms with E-state index in [-0.39, 0.29) is 11.7 Å².